The van der Waals surface area contributed by atoms with Crippen LogP contribution in [0.3, 0.4) is 0 Å². The van der Waals surface area contributed by atoms with Crippen molar-refractivity contribution in [2.45, 2.75) is 0 Å². The Bertz CT molecular complexity index is 653. The Morgan fingerprint density at radius 2 is 2.15 bits per heavy atom. The summed E-state index contributed by atoms with van der Waals surface area (Å²) in [6.07, 6.45) is 1.27. The highest BCUT2D eigenvalue weighted by molar-refractivity contribution is 5.91. The second-order valence-electron chi connectivity index (χ2n) is 3.57. The van der Waals surface area contributed by atoms with Crippen LogP contribution in [0.1, 0.15) is 5.56 Å². The number of aromatic nitrogens is 2. The fourth-order valence-corrected chi connectivity index (χ4v) is 1.20. The molecule has 2 amide bonds. The third-order valence-corrected chi connectivity index (χ3v) is 2.13. The lowest BCUT2D eigenvalue weighted by Gasteiger charge is -2.00. The van der Waals surface area contributed by atoms with Gasteiger partial charge in [-0.25, -0.2) is 14.8 Å². The van der Waals surface area contributed by atoms with E-state index < -0.39 is 6.03 Å². The molecule has 10 heteroatoms. The van der Waals surface area contributed by atoms with Gasteiger partial charge in [-0.3, -0.25) is 5.32 Å². The van der Waals surface area contributed by atoms with Crippen LogP contribution in [0.2, 0.25) is 0 Å². The number of nitrogen functional groups attached to an aromatic ring is 1. The molecule has 0 saturated carbocycles. The number of rotatable bonds is 3. The highest BCUT2D eigenvalue weighted by Crippen LogP contribution is 2.23. The zero-order valence-electron chi connectivity index (χ0n) is 9.94. The van der Waals surface area contributed by atoms with Crippen molar-refractivity contribution in [1.29, 1.82) is 0 Å². The molecule has 0 unspecified atom stereocenters. The largest absolute Gasteiger partial charge is 0.504 e. The number of hydrazone groups is 1. The number of phenolic OH excluding ortho intramolecular Hbond substituents is 2. The van der Waals surface area contributed by atoms with Gasteiger partial charge in [-0.15, -0.1) is 0 Å². The highest BCUT2D eigenvalue weighted by Gasteiger charge is 2.08. The number of carbonyl (C=O) groups excluding carboxylic acids is 1. The van der Waals surface area contributed by atoms with Gasteiger partial charge in [-0.05, 0) is 34.1 Å². The summed E-state index contributed by atoms with van der Waals surface area (Å²) in [6.45, 7) is 0. The van der Waals surface area contributed by atoms with Gasteiger partial charge in [0.25, 0.3) is 0 Å². The monoisotopic (exact) mass is 278 g/mol. The summed E-state index contributed by atoms with van der Waals surface area (Å²) >= 11 is 0. The number of carbonyl (C=O) groups is 1. The topological polar surface area (TPSA) is 159 Å². The number of amides is 2. The Labute approximate surface area is 111 Å². The molecular weight excluding hydrogens is 268 g/mol. The third kappa shape index (κ3) is 3.13. The predicted molar refractivity (Wildman–Crippen MR) is 68.2 cm³/mol. The average molecular weight is 278 g/mol. The average Bonchev–Trinajstić information content (AvgIpc) is 2.79. The quantitative estimate of drug-likeness (QED) is 0.305. The van der Waals surface area contributed by atoms with Gasteiger partial charge in [0.1, 0.15) is 0 Å². The lowest BCUT2D eigenvalue weighted by molar-refractivity contribution is 0.252. The molecule has 1 aromatic carbocycles. The first kappa shape index (κ1) is 13.1. The zero-order valence-corrected chi connectivity index (χ0v) is 9.94. The lowest BCUT2D eigenvalue weighted by Crippen LogP contribution is -2.24. The number of nitrogens with zero attached hydrogens (tertiary/aromatic N) is 3. The van der Waals surface area contributed by atoms with Crippen molar-refractivity contribution in [3.05, 3.63) is 23.8 Å². The summed E-state index contributed by atoms with van der Waals surface area (Å²) in [5.74, 6) is -0.630. The van der Waals surface area contributed by atoms with Gasteiger partial charge in [0.15, 0.2) is 11.5 Å². The zero-order chi connectivity index (χ0) is 14.5. The first-order chi connectivity index (χ1) is 9.56. The number of phenols is 2. The summed E-state index contributed by atoms with van der Waals surface area (Å²) in [4.78, 5) is 11.4. The number of hydrogen-bond donors (Lipinski definition) is 5. The van der Waals surface area contributed by atoms with E-state index >= 15 is 0 Å². The van der Waals surface area contributed by atoms with E-state index in [4.69, 9.17) is 10.8 Å². The standard InChI is InChI=1S/C10H10N6O4/c11-8-9(16-20-15-8)13-10(19)14-12-4-5-1-2-6(17)7(18)3-5/h1-4,17-18H,(H2,11,15)(H2,13,14,16,19)/b12-4-. The Morgan fingerprint density at radius 3 is 2.80 bits per heavy atom. The van der Waals surface area contributed by atoms with Crippen LogP contribution in [0.4, 0.5) is 16.4 Å². The summed E-state index contributed by atoms with van der Waals surface area (Å²) < 4.78 is 4.29. The van der Waals surface area contributed by atoms with Crippen molar-refractivity contribution in [3.8, 4) is 11.5 Å². The number of hydrogen-bond acceptors (Lipinski definition) is 8. The summed E-state index contributed by atoms with van der Waals surface area (Å²) in [5.41, 5.74) is 7.96. The van der Waals surface area contributed by atoms with Gasteiger partial charge in [0.05, 0.1) is 6.21 Å². The number of urea groups is 1. The van der Waals surface area contributed by atoms with E-state index in [9.17, 15) is 9.90 Å². The molecular formula is C10H10N6O4. The Balaban J connectivity index is 1.91. The summed E-state index contributed by atoms with van der Waals surface area (Å²) in [6, 6.07) is 3.36. The molecule has 0 aliphatic carbocycles. The molecule has 0 spiro atoms. The predicted octanol–water partition coefficient (Wildman–Crippen LogP) is 0.219. The number of nitrogens with two attached hydrogens (primary N) is 1. The molecule has 104 valence electrons. The maximum atomic E-state index is 11.4. The van der Waals surface area contributed by atoms with E-state index in [-0.39, 0.29) is 23.1 Å². The lowest BCUT2D eigenvalue weighted by atomic mass is 10.2. The van der Waals surface area contributed by atoms with Crippen LogP contribution in [0.25, 0.3) is 0 Å². The second kappa shape index (κ2) is 5.56. The fraction of sp³-hybridized carbons (Fsp3) is 0. The summed E-state index contributed by atoms with van der Waals surface area (Å²) in [5, 5.41) is 30.9. The van der Waals surface area contributed by atoms with E-state index in [1.165, 1.54) is 24.4 Å². The molecule has 0 radical (unpaired) electrons. The molecule has 20 heavy (non-hydrogen) atoms. The van der Waals surface area contributed by atoms with Crippen LogP contribution < -0.4 is 16.5 Å². The highest BCUT2D eigenvalue weighted by atomic mass is 16.6. The van der Waals surface area contributed by atoms with E-state index in [2.05, 4.69) is 30.8 Å². The van der Waals surface area contributed by atoms with Crippen molar-refractivity contribution in [2.24, 2.45) is 5.10 Å². The van der Waals surface area contributed by atoms with Crippen LogP contribution in [0.5, 0.6) is 11.5 Å². The molecule has 2 rings (SSSR count). The molecule has 0 aliphatic rings. The number of aromatic hydroxyl groups is 2. The van der Waals surface area contributed by atoms with Crippen LogP contribution in [-0.4, -0.2) is 32.8 Å². The molecule has 0 atom stereocenters. The Hall–Kier alpha value is -3.30. The first-order valence-electron chi connectivity index (χ1n) is 5.26. The van der Waals surface area contributed by atoms with Crippen LogP contribution in [0.15, 0.2) is 27.9 Å². The van der Waals surface area contributed by atoms with Crippen molar-refractivity contribution in [1.82, 2.24) is 15.7 Å². The van der Waals surface area contributed by atoms with E-state index in [0.717, 1.165) is 0 Å². The number of nitrogens with one attached hydrogen (secondary N) is 2. The molecule has 6 N–H and O–H groups in total. The van der Waals surface area contributed by atoms with Gasteiger partial charge in [-0.2, -0.15) is 5.10 Å². The minimum absolute atomic E-state index is 0.0278. The molecule has 1 aromatic heterocycles. The van der Waals surface area contributed by atoms with Crippen molar-refractivity contribution in [3.63, 3.8) is 0 Å². The van der Waals surface area contributed by atoms with Crippen LogP contribution in [-0.2, 0) is 0 Å². The second-order valence-corrected chi connectivity index (χ2v) is 3.57. The van der Waals surface area contributed by atoms with Gasteiger partial charge in [-0.1, -0.05) is 0 Å². The van der Waals surface area contributed by atoms with Gasteiger partial charge in [0, 0.05) is 0 Å². The van der Waals surface area contributed by atoms with Gasteiger partial charge >= 0.3 is 6.03 Å². The minimum Gasteiger partial charge on any atom is -0.504 e. The van der Waals surface area contributed by atoms with Crippen LogP contribution in [0, 0.1) is 0 Å². The molecule has 2 aromatic rings. The maximum absolute atomic E-state index is 11.4. The summed E-state index contributed by atoms with van der Waals surface area (Å²) in [7, 11) is 0. The van der Waals surface area contributed by atoms with Gasteiger partial charge in [0.2, 0.25) is 11.6 Å². The van der Waals surface area contributed by atoms with Crippen molar-refractivity contribution in [2.75, 3.05) is 11.1 Å². The van der Waals surface area contributed by atoms with E-state index in [0.29, 0.717) is 5.56 Å². The Morgan fingerprint density at radius 1 is 1.35 bits per heavy atom. The third-order valence-electron chi connectivity index (χ3n) is 2.13. The maximum Gasteiger partial charge on any atom is 0.340 e. The Kier molecular flexibility index (Phi) is 3.65. The molecule has 0 aliphatic heterocycles. The molecule has 1 heterocycles. The fourth-order valence-electron chi connectivity index (χ4n) is 1.20. The van der Waals surface area contributed by atoms with Gasteiger partial charge < -0.3 is 15.9 Å². The smallest absolute Gasteiger partial charge is 0.340 e. The molecule has 10 nitrogen and oxygen atoms in total. The number of benzene rings is 1. The first-order valence-corrected chi connectivity index (χ1v) is 5.26. The van der Waals surface area contributed by atoms with E-state index in [1.807, 2.05) is 0 Å². The number of anilines is 2. The van der Waals surface area contributed by atoms with Crippen molar-refractivity contribution < 1.29 is 19.6 Å². The minimum atomic E-state index is -0.702. The van der Waals surface area contributed by atoms with Crippen molar-refractivity contribution >= 4 is 23.9 Å². The normalized spacial score (nSPS) is 10.6. The molecule has 0 fully saturated rings. The molecule has 0 bridgehead atoms. The molecule has 0 saturated heterocycles. The van der Waals surface area contributed by atoms with E-state index in [1.54, 1.807) is 0 Å². The SMILES string of the molecule is Nc1nonc1NC(=O)N/N=C\c1ccc(O)c(O)c1. The van der Waals surface area contributed by atoms with Crippen LogP contribution >= 0.6 is 0 Å².